The van der Waals surface area contributed by atoms with Crippen molar-refractivity contribution >= 4 is 18.0 Å². The van der Waals surface area contributed by atoms with Gasteiger partial charge in [-0.2, -0.15) is 0 Å². The Bertz CT molecular complexity index is 562. The lowest BCUT2D eigenvalue weighted by atomic mass is 10.0. The number of benzene rings is 1. The molecule has 0 bridgehead atoms. The van der Waals surface area contributed by atoms with Crippen molar-refractivity contribution in [2.75, 3.05) is 28.4 Å². The van der Waals surface area contributed by atoms with Crippen LogP contribution in [0, 0.1) is 0 Å². The molecule has 0 N–H and O–H groups in total. The molecule has 1 aromatic carbocycles. The summed E-state index contributed by atoms with van der Waals surface area (Å²) in [5.41, 5.74) is 1.58. The third kappa shape index (κ3) is 4.80. The number of hydrogen-bond acceptors (Lipinski definition) is 6. The van der Waals surface area contributed by atoms with E-state index in [1.165, 1.54) is 34.5 Å². The zero-order valence-electron chi connectivity index (χ0n) is 13.2. The van der Waals surface area contributed by atoms with Crippen LogP contribution in [0.4, 0.5) is 0 Å². The largest absolute Gasteiger partial charge is 0.493 e. The molecular formula is C16H20O6. The Balaban J connectivity index is 3.15. The van der Waals surface area contributed by atoms with E-state index in [1.807, 2.05) is 0 Å². The fourth-order valence-electron chi connectivity index (χ4n) is 1.87. The van der Waals surface area contributed by atoms with E-state index in [0.717, 1.165) is 11.1 Å². The normalized spacial score (nSPS) is 10.4. The van der Waals surface area contributed by atoms with Crippen LogP contribution in [0.1, 0.15) is 17.5 Å². The maximum Gasteiger partial charge on any atom is 0.330 e. The van der Waals surface area contributed by atoms with Crippen LogP contribution in [0.5, 0.6) is 11.5 Å². The number of aryl methyl sites for hydroxylation is 1. The lowest BCUT2D eigenvalue weighted by molar-refractivity contribution is -0.140. The molecule has 0 amide bonds. The van der Waals surface area contributed by atoms with Crippen molar-refractivity contribution in [3.63, 3.8) is 0 Å². The molecule has 0 heterocycles. The summed E-state index contributed by atoms with van der Waals surface area (Å²) < 4.78 is 19.7. The van der Waals surface area contributed by atoms with E-state index < -0.39 is 5.97 Å². The standard InChI is InChI=1S/C16H20O6/c1-19-13-9-11(5-7-15(17)21-3)12(10-14(13)20-2)6-8-16(18)22-4/h5,7,9-10H,6,8H2,1-4H3/b7-5+. The topological polar surface area (TPSA) is 71.1 Å². The number of carbonyl (C=O) groups is 2. The van der Waals surface area contributed by atoms with E-state index in [-0.39, 0.29) is 12.4 Å². The summed E-state index contributed by atoms with van der Waals surface area (Å²) in [5.74, 6) is 0.317. The van der Waals surface area contributed by atoms with Gasteiger partial charge < -0.3 is 18.9 Å². The number of hydrogen-bond donors (Lipinski definition) is 0. The molecule has 0 saturated heterocycles. The minimum atomic E-state index is -0.464. The predicted molar refractivity (Wildman–Crippen MR) is 80.9 cm³/mol. The molecule has 22 heavy (non-hydrogen) atoms. The van der Waals surface area contributed by atoms with Gasteiger partial charge in [0.1, 0.15) is 0 Å². The van der Waals surface area contributed by atoms with Crippen LogP contribution in [-0.4, -0.2) is 40.4 Å². The molecule has 0 saturated carbocycles. The molecule has 1 aromatic rings. The number of carbonyl (C=O) groups excluding carboxylic acids is 2. The average Bonchev–Trinajstić information content (AvgIpc) is 2.56. The summed E-state index contributed by atoms with van der Waals surface area (Å²) in [7, 11) is 5.71. The lowest BCUT2D eigenvalue weighted by Crippen LogP contribution is -2.04. The smallest absolute Gasteiger partial charge is 0.330 e. The highest BCUT2D eigenvalue weighted by molar-refractivity contribution is 5.87. The third-order valence-corrected chi connectivity index (χ3v) is 3.07. The number of rotatable bonds is 7. The minimum Gasteiger partial charge on any atom is -0.493 e. The maximum absolute atomic E-state index is 11.3. The van der Waals surface area contributed by atoms with Gasteiger partial charge >= 0.3 is 11.9 Å². The lowest BCUT2D eigenvalue weighted by Gasteiger charge is -2.13. The number of ether oxygens (including phenoxy) is 4. The Morgan fingerprint density at radius 1 is 1.00 bits per heavy atom. The van der Waals surface area contributed by atoms with Gasteiger partial charge in [-0.3, -0.25) is 4.79 Å². The second-order valence-electron chi connectivity index (χ2n) is 4.34. The molecule has 0 atom stereocenters. The van der Waals surface area contributed by atoms with Gasteiger partial charge in [0.15, 0.2) is 11.5 Å². The van der Waals surface area contributed by atoms with Crippen molar-refractivity contribution in [3.05, 3.63) is 29.3 Å². The fourth-order valence-corrected chi connectivity index (χ4v) is 1.87. The van der Waals surface area contributed by atoms with Crippen molar-refractivity contribution in [3.8, 4) is 11.5 Å². The molecule has 0 aliphatic carbocycles. The summed E-state index contributed by atoms with van der Waals surface area (Å²) in [6, 6.07) is 3.52. The first-order valence-electron chi connectivity index (χ1n) is 6.63. The molecular weight excluding hydrogens is 288 g/mol. The maximum atomic E-state index is 11.3. The number of esters is 2. The summed E-state index contributed by atoms with van der Waals surface area (Å²) >= 11 is 0. The zero-order chi connectivity index (χ0) is 16.5. The summed E-state index contributed by atoms with van der Waals surface area (Å²) in [6.07, 6.45) is 3.60. The highest BCUT2D eigenvalue weighted by atomic mass is 16.5. The van der Waals surface area contributed by atoms with E-state index in [4.69, 9.17) is 9.47 Å². The van der Waals surface area contributed by atoms with E-state index in [1.54, 1.807) is 18.2 Å². The second kappa shape index (κ2) is 8.71. The van der Waals surface area contributed by atoms with Crippen molar-refractivity contribution in [1.82, 2.24) is 0 Å². The van der Waals surface area contributed by atoms with Gasteiger partial charge in [-0.05, 0) is 35.8 Å². The molecule has 0 aliphatic rings. The Morgan fingerprint density at radius 3 is 2.18 bits per heavy atom. The van der Waals surface area contributed by atoms with Gasteiger partial charge in [0.2, 0.25) is 0 Å². The Labute approximate surface area is 129 Å². The van der Waals surface area contributed by atoms with Gasteiger partial charge in [0.25, 0.3) is 0 Å². The van der Waals surface area contributed by atoms with Gasteiger partial charge in [0, 0.05) is 12.5 Å². The summed E-state index contributed by atoms with van der Waals surface area (Å²) in [5, 5.41) is 0. The fraction of sp³-hybridized carbons (Fsp3) is 0.375. The van der Waals surface area contributed by atoms with Crippen molar-refractivity contribution in [2.45, 2.75) is 12.8 Å². The molecule has 6 nitrogen and oxygen atoms in total. The SMILES string of the molecule is COC(=O)/C=C/c1cc(OC)c(OC)cc1CCC(=O)OC. The van der Waals surface area contributed by atoms with Crippen molar-refractivity contribution < 1.29 is 28.5 Å². The van der Waals surface area contributed by atoms with Gasteiger partial charge in [-0.15, -0.1) is 0 Å². The van der Waals surface area contributed by atoms with Crippen LogP contribution >= 0.6 is 0 Å². The van der Waals surface area contributed by atoms with E-state index in [9.17, 15) is 9.59 Å². The first-order valence-corrected chi connectivity index (χ1v) is 6.63. The molecule has 120 valence electrons. The zero-order valence-corrected chi connectivity index (χ0v) is 13.2. The van der Waals surface area contributed by atoms with E-state index in [2.05, 4.69) is 9.47 Å². The van der Waals surface area contributed by atoms with Gasteiger partial charge in [0.05, 0.1) is 28.4 Å². The van der Waals surface area contributed by atoms with Crippen LogP contribution < -0.4 is 9.47 Å². The van der Waals surface area contributed by atoms with Crippen LogP contribution in [0.25, 0.3) is 6.08 Å². The quantitative estimate of drug-likeness (QED) is 0.567. The highest BCUT2D eigenvalue weighted by Crippen LogP contribution is 2.32. The molecule has 0 unspecified atom stereocenters. The Morgan fingerprint density at radius 2 is 1.64 bits per heavy atom. The summed E-state index contributed by atoms with van der Waals surface area (Å²) in [4.78, 5) is 22.6. The molecule has 6 heteroatoms. The van der Waals surface area contributed by atoms with Gasteiger partial charge in [-0.25, -0.2) is 4.79 Å². The van der Waals surface area contributed by atoms with E-state index >= 15 is 0 Å². The molecule has 0 radical (unpaired) electrons. The summed E-state index contributed by atoms with van der Waals surface area (Å²) in [6.45, 7) is 0. The first-order chi connectivity index (χ1) is 10.5. The van der Waals surface area contributed by atoms with Crippen LogP contribution in [-0.2, 0) is 25.5 Å². The molecule has 1 rings (SSSR count). The van der Waals surface area contributed by atoms with Gasteiger partial charge in [-0.1, -0.05) is 0 Å². The third-order valence-electron chi connectivity index (χ3n) is 3.07. The monoisotopic (exact) mass is 308 g/mol. The van der Waals surface area contributed by atoms with E-state index in [0.29, 0.717) is 17.9 Å². The molecule has 0 spiro atoms. The minimum absolute atomic E-state index is 0.227. The Hall–Kier alpha value is -2.50. The Kier molecular flexibility index (Phi) is 6.95. The first kappa shape index (κ1) is 17.6. The van der Waals surface area contributed by atoms with Crippen LogP contribution in [0.3, 0.4) is 0 Å². The molecule has 0 aliphatic heterocycles. The number of methoxy groups -OCH3 is 4. The molecule has 0 aromatic heterocycles. The van der Waals surface area contributed by atoms with Crippen molar-refractivity contribution in [2.24, 2.45) is 0 Å². The average molecular weight is 308 g/mol. The molecule has 0 fully saturated rings. The van der Waals surface area contributed by atoms with Crippen LogP contribution in [0.2, 0.25) is 0 Å². The predicted octanol–water partition coefficient (Wildman–Crippen LogP) is 2.00. The van der Waals surface area contributed by atoms with Crippen LogP contribution in [0.15, 0.2) is 18.2 Å². The van der Waals surface area contributed by atoms with Crippen molar-refractivity contribution in [1.29, 1.82) is 0 Å². The second-order valence-corrected chi connectivity index (χ2v) is 4.34. The highest BCUT2D eigenvalue weighted by Gasteiger charge is 2.11.